The molecule has 3 aromatic rings. The van der Waals surface area contributed by atoms with Gasteiger partial charge in [-0.1, -0.05) is 13.8 Å². The molecule has 0 spiro atoms. The number of fused-ring (bicyclic) bond motifs is 1. The van der Waals surface area contributed by atoms with Crippen LogP contribution >= 0.6 is 11.3 Å². The van der Waals surface area contributed by atoms with Gasteiger partial charge in [0.15, 0.2) is 9.84 Å². The fraction of sp³-hybridized carbons (Fsp3) is 0.621. The van der Waals surface area contributed by atoms with Crippen molar-refractivity contribution in [3.8, 4) is 17.1 Å². The zero-order valence-electron chi connectivity index (χ0n) is 24.9. The Labute approximate surface area is 247 Å². The van der Waals surface area contributed by atoms with Crippen LogP contribution in [-0.2, 0) is 26.9 Å². The molecule has 10 nitrogen and oxygen atoms in total. The lowest BCUT2D eigenvalue weighted by Gasteiger charge is -2.37. The van der Waals surface area contributed by atoms with Crippen LogP contribution in [0.15, 0.2) is 12.3 Å². The number of aryl methyl sites for hydroxylation is 1. The monoisotopic (exact) mass is 602 g/mol. The molecule has 0 unspecified atom stereocenters. The maximum Gasteiger partial charge on any atom is 0.226 e. The molecule has 0 N–H and O–H groups in total. The van der Waals surface area contributed by atoms with Crippen molar-refractivity contribution in [1.29, 1.82) is 0 Å². The molecule has 2 fully saturated rings. The summed E-state index contributed by atoms with van der Waals surface area (Å²) in [6.07, 6.45) is 5.31. The smallest absolute Gasteiger partial charge is 0.226 e. The van der Waals surface area contributed by atoms with Crippen LogP contribution in [0.4, 0.5) is 5.95 Å². The molecule has 0 aromatic carbocycles. The van der Waals surface area contributed by atoms with E-state index < -0.39 is 9.84 Å². The van der Waals surface area contributed by atoms with E-state index in [1.54, 1.807) is 17.5 Å². The molecule has 2 aliphatic heterocycles. The summed E-state index contributed by atoms with van der Waals surface area (Å²) < 4.78 is 36.4. The summed E-state index contributed by atoms with van der Waals surface area (Å²) in [6, 6.07) is 2.51. The van der Waals surface area contributed by atoms with Crippen molar-refractivity contribution in [2.24, 2.45) is 0 Å². The number of thiophene rings is 1. The lowest BCUT2D eigenvalue weighted by Crippen LogP contribution is -2.44. The van der Waals surface area contributed by atoms with Crippen molar-refractivity contribution in [3.05, 3.63) is 28.3 Å². The summed E-state index contributed by atoms with van der Waals surface area (Å²) in [7, 11) is -1.78. The molecule has 3 aromatic heterocycles. The molecule has 224 valence electrons. The number of hydrogen-bond acceptors (Lipinski definition) is 11. The first-order valence-electron chi connectivity index (χ1n) is 14.5. The van der Waals surface area contributed by atoms with Crippen molar-refractivity contribution in [2.45, 2.75) is 52.0 Å². The van der Waals surface area contributed by atoms with Gasteiger partial charge in [0.2, 0.25) is 11.8 Å². The van der Waals surface area contributed by atoms with Gasteiger partial charge >= 0.3 is 0 Å². The van der Waals surface area contributed by atoms with Crippen molar-refractivity contribution in [2.75, 3.05) is 70.7 Å². The van der Waals surface area contributed by atoms with Gasteiger partial charge in [0.1, 0.15) is 0 Å². The highest BCUT2D eigenvalue weighted by atomic mass is 32.2. The third kappa shape index (κ3) is 6.83. The number of pyridine rings is 1. The number of morpholine rings is 1. The Morgan fingerprint density at radius 2 is 1.83 bits per heavy atom. The molecule has 0 bridgehead atoms. The van der Waals surface area contributed by atoms with Gasteiger partial charge in [-0.25, -0.2) is 23.4 Å². The number of nitrogens with zero attached hydrogens (tertiary/aromatic N) is 6. The lowest BCUT2D eigenvalue weighted by molar-refractivity contribution is 0.113. The third-order valence-corrected chi connectivity index (χ3v) is 10.2. The van der Waals surface area contributed by atoms with Crippen LogP contribution in [0.2, 0.25) is 0 Å². The quantitative estimate of drug-likeness (QED) is 0.341. The second-order valence-corrected chi connectivity index (χ2v) is 14.3. The molecule has 5 rings (SSSR count). The van der Waals surface area contributed by atoms with Crippen LogP contribution in [-0.4, -0.2) is 105 Å². The molecule has 5 heterocycles. The fourth-order valence-corrected chi connectivity index (χ4v) is 7.90. The Morgan fingerprint density at radius 3 is 2.46 bits per heavy atom. The zero-order valence-corrected chi connectivity index (χ0v) is 26.5. The number of methoxy groups -OCH3 is 1. The SMILES string of the molecule is CCN(CC)C1CCN(Cc2c(C)sc3c(-c4cnc(OC)c(CS(C)(=O)=O)c4)nc(N4CCOCC4)nc23)CC1. The maximum absolute atomic E-state index is 12.2. The Bertz CT molecular complexity index is 1460. The Morgan fingerprint density at radius 1 is 1.12 bits per heavy atom. The number of anilines is 1. The number of rotatable bonds is 10. The molecule has 0 amide bonds. The van der Waals surface area contributed by atoms with E-state index in [-0.39, 0.29) is 5.75 Å². The van der Waals surface area contributed by atoms with Crippen LogP contribution in [0.1, 0.15) is 42.7 Å². The first-order chi connectivity index (χ1) is 19.7. The van der Waals surface area contributed by atoms with E-state index in [2.05, 4.69) is 40.5 Å². The molecule has 2 aliphatic rings. The van der Waals surface area contributed by atoms with Gasteiger partial charge in [0, 0.05) is 59.7 Å². The highest BCUT2D eigenvalue weighted by Gasteiger charge is 2.27. The number of likely N-dealkylation sites (tertiary alicyclic amines) is 1. The van der Waals surface area contributed by atoms with Crippen molar-refractivity contribution >= 4 is 37.3 Å². The van der Waals surface area contributed by atoms with E-state index in [1.165, 1.54) is 36.6 Å². The first kappa shape index (κ1) is 30.1. The highest BCUT2D eigenvalue weighted by Crippen LogP contribution is 2.39. The molecule has 0 aliphatic carbocycles. The minimum absolute atomic E-state index is 0.153. The van der Waals surface area contributed by atoms with Crippen LogP contribution in [0.5, 0.6) is 5.88 Å². The number of aromatic nitrogens is 3. The zero-order chi connectivity index (χ0) is 29.1. The van der Waals surface area contributed by atoms with Gasteiger partial charge in [0.05, 0.1) is 42.0 Å². The largest absolute Gasteiger partial charge is 0.481 e. The van der Waals surface area contributed by atoms with Crippen molar-refractivity contribution < 1.29 is 17.9 Å². The van der Waals surface area contributed by atoms with Gasteiger partial charge in [-0.3, -0.25) is 4.90 Å². The van der Waals surface area contributed by atoms with Gasteiger partial charge in [0.25, 0.3) is 0 Å². The Hall–Kier alpha value is -2.38. The van der Waals surface area contributed by atoms with E-state index in [0.717, 1.165) is 67.3 Å². The lowest BCUT2D eigenvalue weighted by atomic mass is 10.0. The van der Waals surface area contributed by atoms with Crippen LogP contribution in [0.3, 0.4) is 0 Å². The summed E-state index contributed by atoms with van der Waals surface area (Å²) in [5, 5.41) is 0. The summed E-state index contributed by atoms with van der Waals surface area (Å²) in [4.78, 5) is 23.2. The topological polar surface area (TPSA) is 101 Å². The molecular weight excluding hydrogens is 560 g/mol. The Kier molecular flexibility index (Phi) is 9.44. The summed E-state index contributed by atoms with van der Waals surface area (Å²) in [6.45, 7) is 14.6. The van der Waals surface area contributed by atoms with Crippen LogP contribution < -0.4 is 9.64 Å². The molecule has 0 saturated carbocycles. The first-order valence-corrected chi connectivity index (χ1v) is 17.4. The van der Waals surface area contributed by atoms with E-state index in [4.69, 9.17) is 19.4 Å². The average molecular weight is 603 g/mol. The normalized spacial score (nSPS) is 17.6. The number of ether oxygens (including phenoxy) is 2. The van der Waals surface area contributed by atoms with E-state index in [0.29, 0.717) is 36.6 Å². The second-order valence-electron chi connectivity index (χ2n) is 11.0. The summed E-state index contributed by atoms with van der Waals surface area (Å²) >= 11 is 1.71. The van der Waals surface area contributed by atoms with Crippen molar-refractivity contribution in [1.82, 2.24) is 24.8 Å². The summed E-state index contributed by atoms with van der Waals surface area (Å²) in [5.74, 6) is 0.837. The summed E-state index contributed by atoms with van der Waals surface area (Å²) in [5.41, 5.74) is 4.30. The van der Waals surface area contributed by atoms with Gasteiger partial charge in [-0.2, -0.15) is 0 Å². The second kappa shape index (κ2) is 12.9. The third-order valence-electron chi connectivity index (χ3n) is 8.19. The minimum Gasteiger partial charge on any atom is -0.481 e. The molecule has 0 atom stereocenters. The van der Waals surface area contributed by atoms with Crippen LogP contribution in [0.25, 0.3) is 21.5 Å². The van der Waals surface area contributed by atoms with E-state index in [1.807, 2.05) is 6.07 Å². The van der Waals surface area contributed by atoms with Crippen molar-refractivity contribution in [3.63, 3.8) is 0 Å². The molecule has 0 radical (unpaired) electrons. The maximum atomic E-state index is 12.2. The molecular formula is C29H42N6O4S2. The minimum atomic E-state index is -3.29. The molecule has 41 heavy (non-hydrogen) atoms. The van der Waals surface area contributed by atoms with E-state index in [9.17, 15) is 8.42 Å². The number of hydrogen-bond donors (Lipinski definition) is 0. The van der Waals surface area contributed by atoms with E-state index >= 15 is 0 Å². The molecule has 2 saturated heterocycles. The average Bonchev–Trinajstić information content (AvgIpc) is 3.28. The van der Waals surface area contributed by atoms with Gasteiger partial charge < -0.3 is 19.3 Å². The predicted molar refractivity (Wildman–Crippen MR) is 165 cm³/mol. The van der Waals surface area contributed by atoms with Crippen LogP contribution in [0, 0.1) is 6.92 Å². The predicted octanol–water partition coefficient (Wildman–Crippen LogP) is 3.76. The Balaban J connectivity index is 1.54. The standard InChI is InChI=1S/C29H42N6O4S2/c1-6-34(7-2)23-8-10-33(11-9-23)18-24-20(3)40-27-25(31-29(32-26(24)27)35-12-14-39-15-13-35)21-16-22(19-41(5,36)37)28(38-4)30-17-21/h16-17,23H,6-15,18-19H2,1-5H3. The highest BCUT2D eigenvalue weighted by molar-refractivity contribution is 7.89. The molecule has 12 heteroatoms. The number of sulfone groups is 1. The fourth-order valence-electron chi connectivity index (χ4n) is 6.01. The van der Waals surface area contributed by atoms with Gasteiger partial charge in [-0.15, -0.1) is 11.3 Å². The van der Waals surface area contributed by atoms with Gasteiger partial charge in [-0.05, 0) is 52.0 Å². The number of piperidine rings is 1.